The minimum atomic E-state index is -0.485. The second-order valence-corrected chi connectivity index (χ2v) is 7.87. The molecule has 2 aromatic carbocycles. The molecule has 7 heteroatoms. The van der Waals surface area contributed by atoms with Crippen LogP contribution in [0.5, 0.6) is 5.75 Å². The van der Waals surface area contributed by atoms with Crippen LogP contribution in [0.4, 0.5) is 0 Å². The number of aliphatic imine (C=N–C) groups is 1. The normalized spacial score (nSPS) is 15.4. The van der Waals surface area contributed by atoms with E-state index in [1.165, 1.54) is 0 Å². The molecular formula is C17H10Br2INO3. The van der Waals surface area contributed by atoms with Gasteiger partial charge >= 0.3 is 5.97 Å². The lowest BCUT2D eigenvalue weighted by Crippen LogP contribution is -2.05. The molecule has 0 radical (unpaired) electrons. The van der Waals surface area contributed by atoms with Crippen molar-refractivity contribution in [2.45, 2.75) is 0 Å². The van der Waals surface area contributed by atoms with Crippen molar-refractivity contribution in [2.75, 3.05) is 7.11 Å². The monoisotopic (exact) mass is 561 g/mol. The third-order valence-corrected chi connectivity index (χ3v) is 5.01. The molecule has 0 spiro atoms. The van der Waals surface area contributed by atoms with E-state index in [2.05, 4.69) is 59.4 Å². The first kappa shape index (κ1) is 17.6. The lowest BCUT2D eigenvalue weighted by molar-refractivity contribution is -0.129. The highest BCUT2D eigenvalue weighted by atomic mass is 127. The lowest BCUT2D eigenvalue weighted by Gasteiger charge is -2.08. The maximum absolute atomic E-state index is 12.1. The van der Waals surface area contributed by atoms with E-state index in [9.17, 15) is 4.79 Å². The third-order valence-electron chi connectivity index (χ3n) is 3.25. The summed E-state index contributed by atoms with van der Waals surface area (Å²) in [5, 5.41) is 0. The lowest BCUT2D eigenvalue weighted by atomic mass is 10.1. The van der Waals surface area contributed by atoms with Gasteiger partial charge in [0.2, 0.25) is 5.90 Å². The SMILES string of the molecule is COc1c(Br)cc(Br)cc1/C=C1\N=C(c2ccc(I)cc2)OC1=O. The molecule has 2 aromatic rings. The van der Waals surface area contributed by atoms with Crippen molar-refractivity contribution in [1.29, 1.82) is 0 Å². The Morgan fingerprint density at radius 1 is 1.21 bits per heavy atom. The molecule has 0 N–H and O–H groups in total. The zero-order chi connectivity index (χ0) is 17.3. The number of rotatable bonds is 3. The Labute approximate surface area is 169 Å². The molecule has 0 saturated heterocycles. The molecule has 1 aliphatic rings. The van der Waals surface area contributed by atoms with Crippen LogP contribution in [0.2, 0.25) is 0 Å². The first-order valence-electron chi connectivity index (χ1n) is 6.79. The summed E-state index contributed by atoms with van der Waals surface area (Å²) >= 11 is 9.08. The summed E-state index contributed by atoms with van der Waals surface area (Å²) in [5.41, 5.74) is 1.71. The zero-order valence-electron chi connectivity index (χ0n) is 12.3. The van der Waals surface area contributed by atoms with Crippen LogP contribution in [-0.2, 0) is 9.53 Å². The number of hydrogen-bond acceptors (Lipinski definition) is 4. The third kappa shape index (κ3) is 3.73. The van der Waals surface area contributed by atoms with E-state index >= 15 is 0 Å². The molecule has 0 bridgehead atoms. The molecule has 0 amide bonds. The molecule has 4 nitrogen and oxygen atoms in total. The van der Waals surface area contributed by atoms with Crippen LogP contribution in [0.3, 0.4) is 0 Å². The molecule has 1 heterocycles. The number of carbonyl (C=O) groups is 1. The minimum Gasteiger partial charge on any atom is -0.495 e. The summed E-state index contributed by atoms with van der Waals surface area (Å²) in [5.74, 6) is 0.439. The molecule has 0 saturated carbocycles. The van der Waals surface area contributed by atoms with Gasteiger partial charge in [-0.1, -0.05) is 15.9 Å². The van der Waals surface area contributed by atoms with Gasteiger partial charge in [0.1, 0.15) is 5.75 Å². The van der Waals surface area contributed by atoms with Gasteiger partial charge in [-0.2, -0.15) is 0 Å². The van der Waals surface area contributed by atoms with Gasteiger partial charge in [0, 0.05) is 19.2 Å². The molecule has 24 heavy (non-hydrogen) atoms. The Morgan fingerprint density at radius 2 is 1.92 bits per heavy atom. The van der Waals surface area contributed by atoms with E-state index in [1.54, 1.807) is 13.2 Å². The Morgan fingerprint density at radius 3 is 2.58 bits per heavy atom. The smallest absolute Gasteiger partial charge is 0.363 e. The van der Waals surface area contributed by atoms with Crippen LogP contribution in [0.15, 0.2) is 56.0 Å². The summed E-state index contributed by atoms with van der Waals surface area (Å²) in [6.07, 6.45) is 1.65. The predicted molar refractivity (Wildman–Crippen MR) is 108 cm³/mol. The van der Waals surface area contributed by atoms with E-state index in [0.29, 0.717) is 11.6 Å². The van der Waals surface area contributed by atoms with Crippen LogP contribution in [0.1, 0.15) is 11.1 Å². The molecule has 0 aromatic heterocycles. The van der Waals surface area contributed by atoms with Crippen molar-refractivity contribution >= 4 is 72.4 Å². The quantitative estimate of drug-likeness (QED) is 0.295. The predicted octanol–water partition coefficient (Wildman–Crippen LogP) is 5.17. The van der Waals surface area contributed by atoms with Crippen LogP contribution >= 0.6 is 54.5 Å². The first-order valence-corrected chi connectivity index (χ1v) is 9.46. The standard InChI is InChI=1S/C17H10Br2INO3/c1-23-15-10(6-11(18)8-13(15)19)7-14-17(22)24-16(21-14)9-2-4-12(20)5-3-9/h2-8H,1H3/b14-7-. The molecule has 122 valence electrons. The number of hydrogen-bond donors (Lipinski definition) is 0. The molecule has 1 aliphatic heterocycles. The van der Waals surface area contributed by atoms with E-state index < -0.39 is 5.97 Å². The Balaban J connectivity index is 2.02. The maximum Gasteiger partial charge on any atom is 0.363 e. The summed E-state index contributed by atoms with van der Waals surface area (Å²) in [7, 11) is 1.57. The minimum absolute atomic E-state index is 0.229. The van der Waals surface area contributed by atoms with Crippen molar-refractivity contribution < 1.29 is 14.3 Å². The summed E-state index contributed by atoms with van der Waals surface area (Å²) in [6.45, 7) is 0. The van der Waals surface area contributed by atoms with Crippen molar-refractivity contribution in [3.8, 4) is 5.75 Å². The number of esters is 1. The van der Waals surface area contributed by atoms with Crippen LogP contribution in [0, 0.1) is 3.57 Å². The van der Waals surface area contributed by atoms with Crippen LogP contribution in [0.25, 0.3) is 6.08 Å². The van der Waals surface area contributed by atoms with Crippen molar-refractivity contribution in [3.63, 3.8) is 0 Å². The van der Waals surface area contributed by atoms with Gasteiger partial charge in [0.15, 0.2) is 5.70 Å². The highest BCUT2D eigenvalue weighted by Gasteiger charge is 2.24. The number of nitrogens with zero attached hydrogens (tertiary/aromatic N) is 1. The average molecular weight is 563 g/mol. The van der Waals surface area contributed by atoms with Crippen molar-refractivity contribution in [3.05, 3.63) is 65.7 Å². The number of ether oxygens (including phenoxy) is 2. The van der Waals surface area contributed by atoms with E-state index in [4.69, 9.17) is 9.47 Å². The topological polar surface area (TPSA) is 47.9 Å². The molecule has 0 aliphatic carbocycles. The summed E-state index contributed by atoms with van der Waals surface area (Å²) in [6, 6.07) is 11.3. The first-order chi connectivity index (χ1) is 11.5. The zero-order valence-corrected chi connectivity index (χ0v) is 17.7. The number of methoxy groups -OCH3 is 1. The van der Waals surface area contributed by atoms with Crippen LogP contribution in [-0.4, -0.2) is 19.0 Å². The molecule has 0 atom stereocenters. The fourth-order valence-corrected chi connectivity index (χ4v) is 3.95. The summed E-state index contributed by atoms with van der Waals surface area (Å²) < 4.78 is 13.4. The fourth-order valence-electron chi connectivity index (χ4n) is 2.18. The van der Waals surface area contributed by atoms with Gasteiger partial charge in [0.25, 0.3) is 0 Å². The van der Waals surface area contributed by atoms with Gasteiger partial charge in [0.05, 0.1) is 11.6 Å². The van der Waals surface area contributed by atoms with E-state index in [0.717, 1.165) is 23.6 Å². The van der Waals surface area contributed by atoms with Gasteiger partial charge < -0.3 is 9.47 Å². The van der Waals surface area contributed by atoms with Crippen LogP contribution < -0.4 is 4.74 Å². The molecular weight excluding hydrogens is 553 g/mol. The van der Waals surface area contributed by atoms with Gasteiger partial charge in [-0.25, -0.2) is 9.79 Å². The molecule has 3 rings (SSSR count). The number of halogens is 3. The number of cyclic esters (lactones) is 1. The van der Waals surface area contributed by atoms with Gasteiger partial charge in [-0.05, 0) is 81.0 Å². The Hall–Kier alpha value is -1.19. The fraction of sp³-hybridized carbons (Fsp3) is 0.0588. The highest BCUT2D eigenvalue weighted by molar-refractivity contribution is 14.1. The highest BCUT2D eigenvalue weighted by Crippen LogP contribution is 2.34. The van der Waals surface area contributed by atoms with Crippen molar-refractivity contribution in [2.24, 2.45) is 4.99 Å². The van der Waals surface area contributed by atoms with E-state index in [1.807, 2.05) is 36.4 Å². The second-order valence-electron chi connectivity index (χ2n) is 4.85. The van der Waals surface area contributed by atoms with Gasteiger partial charge in [-0.3, -0.25) is 0 Å². The number of carbonyl (C=O) groups excluding carboxylic acids is 1. The van der Waals surface area contributed by atoms with E-state index in [-0.39, 0.29) is 5.70 Å². The Bertz CT molecular complexity index is 876. The summed E-state index contributed by atoms with van der Waals surface area (Å²) in [4.78, 5) is 16.4. The van der Waals surface area contributed by atoms with Crippen molar-refractivity contribution in [1.82, 2.24) is 0 Å². The second kappa shape index (κ2) is 7.37. The Kier molecular flexibility index (Phi) is 5.41. The maximum atomic E-state index is 12.1. The van der Waals surface area contributed by atoms with Gasteiger partial charge in [-0.15, -0.1) is 0 Å². The largest absolute Gasteiger partial charge is 0.495 e. The number of benzene rings is 2. The molecule has 0 fully saturated rings. The average Bonchev–Trinajstić information content (AvgIpc) is 2.88. The molecule has 0 unspecified atom stereocenters.